The van der Waals surface area contributed by atoms with Crippen molar-refractivity contribution in [2.24, 2.45) is 5.73 Å². The van der Waals surface area contributed by atoms with Gasteiger partial charge in [0.25, 0.3) is 0 Å². The Morgan fingerprint density at radius 2 is 2.14 bits per heavy atom. The third kappa shape index (κ3) is 4.10. The van der Waals surface area contributed by atoms with Gasteiger partial charge in [-0.3, -0.25) is 4.79 Å². The number of carbonyl (C=O) groups excluding carboxylic acids is 1. The molecule has 1 heterocycles. The second kappa shape index (κ2) is 7.31. The minimum Gasteiger partial charge on any atom is -0.383 e. The normalized spacial score (nSPS) is 12.1. The second-order valence-electron chi connectivity index (χ2n) is 4.64. The smallest absolute Gasteiger partial charge is 0.245 e. The summed E-state index contributed by atoms with van der Waals surface area (Å²) in [5, 5.41) is 5.16. The van der Waals surface area contributed by atoms with Crippen LogP contribution in [0.25, 0.3) is 11.3 Å². The Kier molecular flexibility index (Phi) is 5.44. The number of nitrogens with zero attached hydrogens (tertiary/aromatic N) is 1. The summed E-state index contributed by atoms with van der Waals surface area (Å²) in [5.74, 6) is -0.293. The number of nitrogens with two attached hydrogens (primary N) is 1. The summed E-state index contributed by atoms with van der Waals surface area (Å²) in [5.41, 5.74) is 8.83. The van der Waals surface area contributed by atoms with Crippen LogP contribution >= 0.6 is 11.3 Å². The molecule has 5 nitrogen and oxygen atoms in total. The van der Waals surface area contributed by atoms with Gasteiger partial charge in [-0.2, -0.15) is 0 Å². The number of methoxy groups -OCH3 is 1. The number of hydrogen-bond donors (Lipinski definition) is 2. The first-order chi connectivity index (χ1) is 10.1. The Morgan fingerprint density at radius 3 is 2.76 bits per heavy atom. The van der Waals surface area contributed by atoms with Crippen LogP contribution in [0.3, 0.4) is 0 Å². The molecule has 0 bridgehead atoms. The van der Waals surface area contributed by atoms with E-state index in [1.165, 1.54) is 24.0 Å². The number of rotatable bonds is 6. The number of aromatic nitrogens is 1. The minimum absolute atomic E-state index is 0.183. The van der Waals surface area contributed by atoms with Crippen molar-refractivity contribution in [3.8, 4) is 11.3 Å². The van der Waals surface area contributed by atoms with Crippen LogP contribution in [0.2, 0.25) is 0 Å². The van der Waals surface area contributed by atoms with Gasteiger partial charge in [-0.15, -0.1) is 11.3 Å². The van der Waals surface area contributed by atoms with Gasteiger partial charge < -0.3 is 15.8 Å². The van der Waals surface area contributed by atoms with Crippen LogP contribution in [0.5, 0.6) is 0 Å². The lowest BCUT2D eigenvalue weighted by molar-refractivity contribution is -0.118. The van der Waals surface area contributed by atoms with Crippen LogP contribution in [-0.4, -0.2) is 30.6 Å². The van der Waals surface area contributed by atoms with Crippen molar-refractivity contribution in [2.75, 3.05) is 19.0 Å². The van der Waals surface area contributed by atoms with Crippen LogP contribution in [0.15, 0.2) is 29.6 Å². The van der Waals surface area contributed by atoms with Gasteiger partial charge in [0.15, 0.2) is 5.13 Å². The van der Waals surface area contributed by atoms with Crippen molar-refractivity contribution in [2.45, 2.75) is 19.4 Å². The van der Waals surface area contributed by atoms with E-state index in [1.807, 2.05) is 17.5 Å². The molecule has 1 unspecified atom stereocenters. The molecule has 2 rings (SSSR count). The largest absolute Gasteiger partial charge is 0.383 e. The highest BCUT2D eigenvalue weighted by Crippen LogP contribution is 2.25. The number of hydrogen-bond acceptors (Lipinski definition) is 5. The van der Waals surface area contributed by atoms with Gasteiger partial charge in [0.1, 0.15) is 6.04 Å². The Morgan fingerprint density at radius 1 is 1.43 bits per heavy atom. The van der Waals surface area contributed by atoms with Crippen LogP contribution in [0, 0.1) is 0 Å². The molecule has 112 valence electrons. The average Bonchev–Trinajstić information content (AvgIpc) is 2.96. The zero-order valence-corrected chi connectivity index (χ0v) is 12.9. The van der Waals surface area contributed by atoms with Crippen LogP contribution in [-0.2, 0) is 16.0 Å². The second-order valence-corrected chi connectivity index (χ2v) is 5.50. The quantitative estimate of drug-likeness (QED) is 0.858. The molecule has 2 aromatic rings. The third-order valence-electron chi connectivity index (χ3n) is 3.08. The van der Waals surface area contributed by atoms with Gasteiger partial charge in [0, 0.05) is 18.1 Å². The fourth-order valence-corrected chi connectivity index (χ4v) is 2.55. The van der Waals surface area contributed by atoms with E-state index in [0.29, 0.717) is 5.13 Å². The molecule has 1 aromatic heterocycles. The molecule has 0 aliphatic heterocycles. The van der Waals surface area contributed by atoms with Crippen LogP contribution in [0.4, 0.5) is 5.13 Å². The summed E-state index contributed by atoms with van der Waals surface area (Å²) in [4.78, 5) is 16.2. The van der Waals surface area contributed by atoms with Crippen LogP contribution in [0.1, 0.15) is 12.5 Å². The van der Waals surface area contributed by atoms with Gasteiger partial charge in [-0.1, -0.05) is 31.2 Å². The summed E-state index contributed by atoms with van der Waals surface area (Å²) in [6.07, 6.45) is 1.01. The Hall–Kier alpha value is -1.76. The third-order valence-corrected chi connectivity index (χ3v) is 3.83. The predicted molar refractivity (Wildman–Crippen MR) is 85.4 cm³/mol. The minimum atomic E-state index is -0.689. The topological polar surface area (TPSA) is 77.2 Å². The number of ether oxygens (including phenoxy) is 1. The molecule has 3 N–H and O–H groups in total. The number of amides is 1. The van der Waals surface area contributed by atoms with Gasteiger partial charge in [-0.05, 0) is 12.0 Å². The summed E-state index contributed by atoms with van der Waals surface area (Å²) >= 11 is 1.38. The molecule has 1 aromatic carbocycles. The van der Waals surface area contributed by atoms with E-state index in [1.54, 1.807) is 0 Å². The Bertz CT molecular complexity index is 595. The van der Waals surface area contributed by atoms with Crippen molar-refractivity contribution in [1.29, 1.82) is 0 Å². The Labute approximate surface area is 128 Å². The van der Waals surface area contributed by atoms with E-state index in [9.17, 15) is 4.79 Å². The van der Waals surface area contributed by atoms with E-state index in [4.69, 9.17) is 10.5 Å². The molecule has 0 saturated heterocycles. The molecule has 0 saturated carbocycles. The predicted octanol–water partition coefficient (Wildman–Crippen LogP) is 2.28. The SMILES string of the molecule is CCc1ccc(-c2csc(NC(=O)C(N)COC)n2)cc1. The fourth-order valence-electron chi connectivity index (χ4n) is 1.83. The van der Waals surface area contributed by atoms with Crippen molar-refractivity contribution >= 4 is 22.4 Å². The van der Waals surface area contributed by atoms with Crippen LogP contribution < -0.4 is 11.1 Å². The lowest BCUT2D eigenvalue weighted by Crippen LogP contribution is -2.39. The molecule has 0 fully saturated rings. The highest BCUT2D eigenvalue weighted by Gasteiger charge is 2.15. The number of anilines is 1. The van der Waals surface area contributed by atoms with E-state index >= 15 is 0 Å². The summed E-state index contributed by atoms with van der Waals surface area (Å²) < 4.78 is 4.86. The zero-order chi connectivity index (χ0) is 15.2. The van der Waals surface area contributed by atoms with Crippen molar-refractivity contribution in [3.63, 3.8) is 0 Å². The lowest BCUT2D eigenvalue weighted by Gasteiger charge is -2.08. The molecule has 1 amide bonds. The maximum Gasteiger partial charge on any atom is 0.245 e. The van der Waals surface area contributed by atoms with E-state index in [0.717, 1.165) is 17.7 Å². The van der Waals surface area contributed by atoms with Gasteiger partial charge in [-0.25, -0.2) is 4.98 Å². The lowest BCUT2D eigenvalue weighted by atomic mass is 10.1. The number of nitrogens with one attached hydrogen (secondary N) is 1. The monoisotopic (exact) mass is 305 g/mol. The first kappa shape index (κ1) is 15.6. The molecule has 21 heavy (non-hydrogen) atoms. The molecular formula is C15H19N3O2S. The Balaban J connectivity index is 2.05. The fraction of sp³-hybridized carbons (Fsp3) is 0.333. The number of benzene rings is 1. The van der Waals surface area contributed by atoms with E-state index in [-0.39, 0.29) is 12.5 Å². The molecule has 6 heteroatoms. The molecule has 0 aliphatic carbocycles. The number of carbonyl (C=O) groups is 1. The zero-order valence-electron chi connectivity index (χ0n) is 12.1. The number of thiazole rings is 1. The van der Waals surface area contributed by atoms with E-state index < -0.39 is 6.04 Å². The standard InChI is InChI=1S/C15H19N3O2S/c1-3-10-4-6-11(7-5-10)13-9-21-15(17-13)18-14(19)12(16)8-20-2/h4-7,9,12H,3,8,16H2,1-2H3,(H,17,18,19). The first-order valence-corrected chi connectivity index (χ1v) is 7.62. The molecule has 0 radical (unpaired) electrons. The molecular weight excluding hydrogens is 286 g/mol. The summed E-state index contributed by atoms with van der Waals surface area (Å²) in [6.45, 7) is 2.30. The summed E-state index contributed by atoms with van der Waals surface area (Å²) in [7, 11) is 1.51. The maximum absolute atomic E-state index is 11.8. The van der Waals surface area contributed by atoms with Crippen molar-refractivity contribution in [3.05, 3.63) is 35.2 Å². The molecule has 1 atom stereocenters. The summed E-state index contributed by atoms with van der Waals surface area (Å²) in [6, 6.07) is 7.56. The van der Waals surface area contributed by atoms with Gasteiger partial charge in [0.05, 0.1) is 12.3 Å². The average molecular weight is 305 g/mol. The van der Waals surface area contributed by atoms with Crippen molar-refractivity contribution < 1.29 is 9.53 Å². The molecule has 0 spiro atoms. The maximum atomic E-state index is 11.8. The van der Waals surface area contributed by atoms with Crippen molar-refractivity contribution in [1.82, 2.24) is 4.98 Å². The van der Waals surface area contributed by atoms with E-state index in [2.05, 4.69) is 29.4 Å². The van der Waals surface area contributed by atoms with Gasteiger partial charge >= 0.3 is 0 Å². The van der Waals surface area contributed by atoms with Gasteiger partial charge in [0.2, 0.25) is 5.91 Å². The number of aryl methyl sites for hydroxylation is 1. The highest BCUT2D eigenvalue weighted by atomic mass is 32.1. The molecule has 0 aliphatic rings. The first-order valence-electron chi connectivity index (χ1n) is 6.74. The highest BCUT2D eigenvalue weighted by molar-refractivity contribution is 7.14.